The molecule has 35 heavy (non-hydrogen) atoms. The van der Waals surface area contributed by atoms with Gasteiger partial charge in [-0.1, -0.05) is 53.2 Å². The van der Waals surface area contributed by atoms with E-state index in [0.717, 1.165) is 16.6 Å². The Labute approximate surface area is 216 Å². The molecule has 4 aromatic rings. The number of nitrogens with one attached hydrogen (secondary N) is 1. The van der Waals surface area contributed by atoms with Crippen molar-refractivity contribution in [1.29, 1.82) is 0 Å². The summed E-state index contributed by atoms with van der Waals surface area (Å²) >= 11 is 13.4. The average Bonchev–Trinajstić information content (AvgIpc) is 3.26. The molecule has 0 unspecified atom stereocenters. The average molecular weight is 530 g/mol. The van der Waals surface area contributed by atoms with Crippen LogP contribution in [0, 0.1) is 0 Å². The van der Waals surface area contributed by atoms with Gasteiger partial charge in [0.15, 0.2) is 17.1 Å². The third-order valence-corrected chi connectivity index (χ3v) is 6.08. The number of hydrogen-bond acceptors (Lipinski definition) is 7. The summed E-state index contributed by atoms with van der Waals surface area (Å²) in [4.78, 5) is 16.5. The van der Waals surface area contributed by atoms with Crippen LogP contribution in [0.4, 0.5) is 0 Å². The van der Waals surface area contributed by atoms with Crippen LogP contribution < -0.4 is 14.9 Å². The topological polar surface area (TPSA) is 86.0 Å². The van der Waals surface area contributed by atoms with Crippen molar-refractivity contribution >= 4 is 58.2 Å². The van der Waals surface area contributed by atoms with Gasteiger partial charge < -0.3 is 13.9 Å². The molecular weight excluding hydrogens is 509 g/mol. The highest BCUT2D eigenvalue weighted by Crippen LogP contribution is 2.30. The molecule has 0 atom stereocenters. The number of fused-ring (bicyclic) bond motifs is 1. The third kappa shape index (κ3) is 6.91. The number of thioether (sulfide) groups is 1. The second-order valence-corrected chi connectivity index (χ2v) is 8.96. The monoisotopic (exact) mass is 529 g/mol. The fourth-order valence-corrected chi connectivity index (χ4v) is 4.13. The maximum Gasteiger partial charge on any atom is 0.257 e. The van der Waals surface area contributed by atoms with E-state index in [2.05, 4.69) is 15.5 Å². The van der Waals surface area contributed by atoms with Crippen LogP contribution in [0.15, 0.2) is 75.4 Å². The van der Waals surface area contributed by atoms with Gasteiger partial charge in [0.05, 0.1) is 18.6 Å². The Morgan fingerprint density at radius 1 is 1.11 bits per heavy atom. The summed E-state index contributed by atoms with van der Waals surface area (Å²) in [6.45, 7) is 2.61. The van der Waals surface area contributed by atoms with Gasteiger partial charge in [0.2, 0.25) is 0 Å². The number of nitrogens with zero attached hydrogens (tertiary/aromatic N) is 2. The maximum absolute atomic E-state index is 12.1. The number of para-hydroxylation sites is 2. The Morgan fingerprint density at radius 2 is 1.97 bits per heavy atom. The summed E-state index contributed by atoms with van der Waals surface area (Å²) < 4.78 is 17.2. The van der Waals surface area contributed by atoms with Crippen LogP contribution in [-0.2, 0) is 11.4 Å². The zero-order valence-corrected chi connectivity index (χ0v) is 21.0. The summed E-state index contributed by atoms with van der Waals surface area (Å²) in [5.74, 6) is 0.959. The first-order chi connectivity index (χ1) is 17.0. The maximum atomic E-state index is 12.1. The lowest BCUT2D eigenvalue weighted by Gasteiger charge is -2.13. The van der Waals surface area contributed by atoms with Crippen molar-refractivity contribution in [3.8, 4) is 11.5 Å². The smallest absolute Gasteiger partial charge is 0.257 e. The van der Waals surface area contributed by atoms with Gasteiger partial charge in [-0.2, -0.15) is 5.10 Å². The Bertz CT molecular complexity index is 1330. The van der Waals surface area contributed by atoms with Crippen LogP contribution in [0.25, 0.3) is 11.1 Å². The van der Waals surface area contributed by atoms with Crippen molar-refractivity contribution in [3.63, 3.8) is 0 Å². The van der Waals surface area contributed by atoms with Gasteiger partial charge in [-0.15, -0.1) is 0 Å². The fourth-order valence-electron chi connectivity index (χ4n) is 3.04. The van der Waals surface area contributed by atoms with Gasteiger partial charge in [-0.3, -0.25) is 4.79 Å². The highest BCUT2D eigenvalue weighted by atomic mass is 35.5. The minimum absolute atomic E-state index is 0.119. The fraction of sp³-hybridized carbons (Fsp3) is 0.160. The lowest BCUT2D eigenvalue weighted by atomic mass is 10.2. The van der Waals surface area contributed by atoms with Crippen LogP contribution in [-0.4, -0.2) is 29.5 Å². The first-order valence-electron chi connectivity index (χ1n) is 10.7. The molecule has 0 radical (unpaired) electrons. The van der Waals surface area contributed by atoms with Gasteiger partial charge in [0.25, 0.3) is 11.1 Å². The van der Waals surface area contributed by atoms with Crippen molar-refractivity contribution in [3.05, 3.63) is 81.8 Å². The summed E-state index contributed by atoms with van der Waals surface area (Å²) in [6.07, 6.45) is 1.53. The predicted octanol–water partition coefficient (Wildman–Crippen LogP) is 6.35. The molecule has 0 bridgehead atoms. The van der Waals surface area contributed by atoms with E-state index in [1.165, 1.54) is 18.0 Å². The highest BCUT2D eigenvalue weighted by Gasteiger charge is 2.10. The van der Waals surface area contributed by atoms with Crippen molar-refractivity contribution in [1.82, 2.24) is 10.4 Å². The number of rotatable bonds is 10. The van der Waals surface area contributed by atoms with E-state index in [-0.39, 0.29) is 18.3 Å². The molecule has 0 aliphatic carbocycles. The van der Waals surface area contributed by atoms with Gasteiger partial charge in [-0.25, -0.2) is 10.4 Å². The number of oxazole rings is 1. The van der Waals surface area contributed by atoms with Crippen molar-refractivity contribution in [2.24, 2.45) is 5.10 Å². The minimum atomic E-state index is -0.279. The molecular formula is C25H21Cl2N3O4S. The molecule has 10 heteroatoms. The molecule has 1 N–H and O–H groups in total. The van der Waals surface area contributed by atoms with E-state index >= 15 is 0 Å². The number of amides is 1. The Balaban J connectivity index is 1.32. The molecule has 180 valence electrons. The minimum Gasteiger partial charge on any atom is -0.490 e. The number of aromatic nitrogens is 1. The first kappa shape index (κ1) is 24.9. The lowest BCUT2D eigenvalue weighted by molar-refractivity contribution is -0.118. The van der Waals surface area contributed by atoms with Crippen LogP contribution in [0.5, 0.6) is 11.5 Å². The number of carbonyl (C=O) groups excluding carboxylic acids is 1. The third-order valence-electron chi connectivity index (χ3n) is 4.67. The largest absolute Gasteiger partial charge is 0.490 e. The van der Waals surface area contributed by atoms with Crippen LogP contribution in [0.2, 0.25) is 10.0 Å². The highest BCUT2D eigenvalue weighted by molar-refractivity contribution is 7.99. The number of carbonyl (C=O) groups is 1. The van der Waals surface area contributed by atoms with E-state index in [9.17, 15) is 4.79 Å². The molecule has 0 aliphatic rings. The summed E-state index contributed by atoms with van der Waals surface area (Å²) in [6, 6.07) is 18.1. The zero-order chi connectivity index (χ0) is 24.6. The van der Waals surface area contributed by atoms with Crippen LogP contribution in [0.1, 0.15) is 18.1 Å². The van der Waals surface area contributed by atoms with Gasteiger partial charge in [0.1, 0.15) is 12.1 Å². The number of halogens is 2. The van der Waals surface area contributed by atoms with E-state index < -0.39 is 0 Å². The molecule has 0 saturated carbocycles. The van der Waals surface area contributed by atoms with Crippen molar-refractivity contribution in [2.45, 2.75) is 18.8 Å². The molecule has 4 rings (SSSR count). The Morgan fingerprint density at radius 3 is 2.77 bits per heavy atom. The quantitative estimate of drug-likeness (QED) is 0.146. The number of hydrazone groups is 1. The summed E-state index contributed by atoms with van der Waals surface area (Å²) in [5, 5.41) is 5.55. The molecule has 0 saturated heterocycles. The molecule has 0 aliphatic heterocycles. The zero-order valence-electron chi connectivity index (χ0n) is 18.7. The molecule has 1 heterocycles. The second kappa shape index (κ2) is 12.0. The van der Waals surface area contributed by atoms with Crippen LogP contribution >= 0.6 is 35.0 Å². The van der Waals surface area contributed by atoms with Crippen LogP contribution in [0.3, 0.4) is 0 Å². The standard InChI is InChI=1S/C25H21Cl2N3O4S/c1-2-32-23-11-16(7-10-22(23)33-14-17-8-9-18(26)12-19(17)27)13-28-30-24(31)15-35-25-29-20-5-3-4-6-21(20)34-25/h3-13H,2,14-15H2,1H3,(H,30,31)/b28-13-. The molecule has 3 aromatic carbocycles. The van der Waals surface area contributed by atoms with Crippen molar-refractivity contribution < 1.29 is 18.7 Å². The SMILES string of the molecule is CCOc1cc(/C=N\NC(=O)CSc2nc3ccccc3o2)ccc1OCc1ccc(Cl)cc1Cl. The van der Waals surface area contributed by atoms with Gasteiger partial charge in [-0.05, 0) is 55.0 Å². The normalized spacial score (nSPS) is 11.2. The van der Waals surface area contributed by atoms with Gasteiger partial charge >= 0.3 is 0 Å². The molecule has 0 spiro atoms. The van der Waals surface area contributed by atoms with E-state index in [1.54, 1.807) is 24.3 Å². The Kier molecular flexibility index (Phi) is 8.52. The molecule has 0 fully saturated rings. The van der Waals surface area contributed by atoms with E-state index in [0.29, 0.717) is 39.0 Å². The van der Waals surface area contributed by atoms with Gasteiger partial charge in [0, 0.05) is 15.6 Å². The number of benzene rings is 3. The summed E-state index contributed by atoms with van der Waals surface area (Å²) in [5.41, 5.74) is 5.48. The molecule has 7 nitrogen and oxygen atoms in total. The van der Waals surface area contributed by atoms with E-state index in [4.69, 9.17) is 37.1 Å². The summed E-state index contributed by atoms with van der Waals surface area (Å²) in [7, 11) is 0. The first-order valence-corrected chi connectivity index (χ1v) is 12.4. The number of ether oxygens (including phenoxy) is 2. The number of hydrogen-bond donors (Lipinski definition) is 1. The Hall–Kier alpha value is -3.20. The second-order valence-electron chi connectivity index (χ2n) is 7.19. The lowest BCUT2D eigenvalue weighted by Crippen LogP contribution is -2.19. The molecule has 1 amide bonds. The predicted molar refractivity (Wildman–Crippen MR) is 139 cm³/mol. The molecule has 1 aromatic heterocycles. The van der Waals surface area contributed by atoms with Crippen molar-refractivity contribution in [2.75, 3.05) is 12.4 Å². The van der Waals surface area contributed by atoms with E-state index in [1.807, 2.05) is 43.3 Å².